The number of rotatable bonds is 6. The second kappa shape index (κ2) is 13.1. The minimum atomic E-state index is -0.833. The standard InChI is InChI=1S/C22H29N3.2C2H4O2/c1-18-6-5-9-21(24-18)11-13-25-15-20-14-23-16-22(20,17-25)12-10-19-7-3-2-4-8-19;2*1-2(3)4/h2-9,20,23H,10-17H2,1H3;2*1H3,(H,3,4). The Morgan fingerprint density at radius 3 is 2.36 bits per heavy atom. The predicted molar refractivity (Wildman–Crippen MR) is 129 cm³/mol. The van der Waals surface area contributed by atoms with E-state index in [2.05, 4.69) is 70.7 Å². The molecule has 0 amide bonds. The Morgan fingerprint density at radius 1 is 1.06 bits per heavy atom. The zero-order valence-electron chi connectivity index (χ0n) is 20.0. The van der Waals surface area contributed by atoms with E-state index in [1.807, 2.05) is 0 Å². The molecule has 2 aliphatic heterocycles. The molecule has 2 atom stereocenters. The van der Waals surface area contributed by atoms with Crippen molar-refractivity contribution in [1.82, 2.24) is 15.2 Å². The Balaban J connectivity index is 0.000000420. The van der Waals surface area contributed by atoms with Crippen molar-refractivity contribution in [3.05, 3.63) is 65.5 Å². The second-order valence-corrected chi connectivity index (χ2v) is 8.97. The Bertz CT molecular complexity index is 870. The lowest BCUT2D eigenvalue weighted by molar-refractivity contribution is -0.135. The van der Waals surface area contributed by atoms with Crippen LogP contribution >= 0.6 is 0 Å². The maximum atomic E-state index is 9.00. The summed E-state index contributed by atoms with van der Waals surface area (Å²) in [5, 5.41) is 18.5. The lowest BCUT2D eigenvalue weighted by Gasteiger charge is -2.28. The highest BCUT2D eigenvalue weighted by atomic mass is 16.4. The summed E-state index contributed by atoms with van der Waals surface area (Å²) in [6.07, 6.45) is 3.57. The number of hydrogen-bond donors (Lipinski definition) is 3. The molecule has 1 aromatic heterocycles. The van der Waals surface area contributed by atoms with E-state index >= 15 is 0 Å². The molecular formula is C26H37N3O4. The van der Waals surface area contributed by atoms with Crippen molar-refractivity contribution >= 4 is 11.9 Å². The number of carboxylic acid groups (broad SMARTS) is 2. The van der Waals surface area contributed by atoms with Gasteiger partial charge < -0.3 is 20.4 Å². The van der Waals surface area contributed by atoms with Gasteiger partial charge in [0, 0.05) is 63.3 Å². The highest BCUT2D eigenvalue weighted by Crippen LogP contribution is 2.42. The first-order valence-corrected chi connectivity index (χ1v) is 11.5. The Hall–Kier alpha value is -2.77. The number of likely N-dealkylation sites (tertiary alicyclic amines) is 1. The van der Waals surface area contributed by atoms with E-state index in [4.69, 9.17) is 19.8 Å². The first-order valence-electron chi connectivity index (χ1n) is 11.5. The molecule has 2 aliphatic rings. The Labute approximate surface area is 196 Å². The number of pyridine rings is 1. The van der Waals surface area contributed by atoms with Crippen LogP contribution in [0.2, 0.25) is 0 Å². The predicted octanol–water partition coefficient (Wildman–Crippen LogP) is 3.27. The number of aryl methyl sites for hydroxylation is 2. The van der Waals surface area contributed by atoms with Crippen LogP contribution in [0.5, 0.6) is 0 Å². The zero-order valence-corrected chi connectivity index (χ0v) is 20.0. The van der Waals surface area contributed by atoms with Gasteiger partial charge in [0.1, 0.15) is 0 Å². The van der Waals surface area contributed by atoms with Gasteiger partial charge in [-0.05, 0) is 49.9 Å². The number of nitrogens with one attached hydrogen (secondary N) is 1. The molecule has 4 rings (SSSR count). The maximum Gasteiger partial charge on any atom is 0.300 e. The van der Waals surface area contributed by atoms with E-state index in [0.29, 0.717) is 5.41 Å². The van der Waals surface area contributed by atoms with E-state index in [1.165, 1.54) is 50.3 Å². The van der Waals surface area contributed by atoms with Crippen LogP contribution in [0.15, 0.2) is 48.5 Å². The fraction of sp³-hybridized carbons (Fsp3) is 0.500. The van der Waals surface area contributed by atoms with Crippen LogP contribution in [0.25, 0.3) is 0 Å². The van der Waals surface area contributed by atoms with Gasteiger partial charge in [-0.2, -0.15) is 0 Å². The second-order valence-electron chi connectivity index (χ2n) is 8.97. The summed E-state index contributed by atoms with van der Waals surface area (Å²) >= 11 is 0. The molecule has 7 nitrogen and oxygen atoms in total. The smallest absolute Gasteiger partial charge is 0.300 e. The quantitative estimate of drug-likeness (QED) is 0.614. The molecule has 7 heteroatoms. The monoisotopic (exact) mass is 455 g/mol. The van der Waals surface area contributed by atoms with Crippen molar-refractivity contribution < 1.29 is 19.8 Å². The minimum absolute atomic E-state index is 0.468. The maximum absolute atomic E-state index is 9.00. The summed E-state index contributed by atoms with van der Waals surface area (Å²) in [6, 6.07) is 17.3. The van der Waals surface area contributed by atoms with Gasteiger partial charge in [-0.1, -0.05) is 36.4 Å². The summed E-state index contributed by atoms with van der Waals surface area (Å²) in [4.78, 5) is 25.3. The topological polar surface area (TPSA) is 103 Å². The van der Waals surface area contributed by atoms with E-state index < -0.39 is 11.9 Å². The molecule has 33 heavy (non-hydrogen) atoms. The molecule has 180 valence electrons. The van der Waals surface area contributed by atoms with Gasteiger partial charge in [0.05, 0.1) is 0 Å². The molecule has 2 aromatic rings. The van der Waals surface area contributed by atoms with Gasteiger partial charge in [-0.25, -0.2) is 0 Å². The van der Waals surface area contributed by atoms with Crippen LogP contribution in [0.3, 0.4) is 0 Å². The number of nitrogens with zero attached hydrogens (tertiary/aromatic N) is 2. The summed E-state index contributed by atoms with van der Waals surface area (Å²) in [7, 11) is 0. The number of hydrogen-bond acceptors (Lipinski definition) is 5. The van der Waals surface area contributed by atoms with E-state index in [1.54, 1.807) is 0 Å². The van der Waals surface area contributed by atoms with Crippen molar-refractivity contribution in [1.29, 1.82) is 0 Å². The molecule has 0 spiro atoms. The van der Waals surface area contributed by atoms with Crippen molar-refractivity contribution in [3.63, 3.8) is 0 Å². The minimum Gasteiger partial charge on any atom is -0.481 e. The van der Waals surface area contributed by atoms with Crippen molar-refractivity contribution in [2.45, 2.75) is 40.0 Å². The van der Waals surface area contributed by atoms with Crippen LogP contribution in [-0.2, 0) is 22.4 Å². The van der Waals surface area contributed by atoms with Gasteiger partial charge in [-0.15, -0.1) is 0 Å². The molecule has 2 unspecified atom stereocenters. The third kappa shape index (κ3) is 9.32. The van der Waals surface area contributed by atoms with Gasteiger partial charge in [0.25, 0.3) is 11.9 Å². The molecular weight excluding hydrogens is 418 g/mol. The van der Waals surface area contributed by atoms with Crippen LogP contribution in [0, 0.1) is 18.3 Å². The third-order valence-corrected chi connectivity index (χ3v) is 6.14. The fourth-order valence-electron chi connectivity index (χ4n) is 4.71. The lowest BCUT2D eigenvalue weighted by atomic mass is 9.76. The van der Waals surface area contributed by atoms with Crippen molar-refractivity contribution in [2.24, 2.45) is 11.3 Å². The van der Waals surface area contributed by atoms with Gasteiger partial charge in [-0.3, -0.25) is 14.6 Å². The number of carbonyl (C=O) groups is 2. The normalized spacial score (nSPS) is 21.2. The average Bonchev–Trinajstić information content (AvgIpc) is 3.28. The molecule has 2 fully saturated rings. The van der Waals surface area contributed by atoms with Crippen LogP contribution < -0.4 is 5.32 Å². The zero-order chi connectivity index (χ0) is 24.3. The van der Waals surface area contributed by atoms with Crippen LogP contribution in [0.1, 0.15) is 37.2 Å². The van der Waals surface area contributed by atoms with Crippen molar-refractivity contribution in [3.8, 4) is 0 Å². The van der Waals surface area contributed by atoms with Crippen LogP contribution in [0.4, 0.5) is 0 Å². The summed E-state index contributed by atoms with van der Waals surface area (Å²) < 4.78 is 0. The molecule has 3 N–H and O–H groups in total. The largest absolute Gasteiger partial charge is 0.481 e. The third-order valence-electron chi connectivity index (χ3n) is 6.14. The van der Waals surface area contributed by atoms with Gasteiger partial charge >= 0.3 is 0 Å². The number of fused-ring (bicyclic) bond motifs is 1. The number of aromatic nitrogens is 1. The highest BCUT2D eigenvalue weighted by molar-refractivity contribution is 5.63. The Morgan fingerprint density at radius 2 is 1.73 bits per heavy atom. The molecule has 0 saturated carbocycles. The fourth-order valence-corrected chi connectivity index (χ4v) is 4.71. The van der Waals surface area contributed by atoms with E-state index in [9.17, 15) is 0 Å². The SMILES string of the molecule is CC(=O)O.CC(=O)O.Cc1cccc(CCN2CC3CNCC3(CCc3ccccc3)C2)n1. The van der Waals surface area contributed by atoms with E-state index in [0.717, 1.165) is 38.4 Å². The number of aliphatic carboxylic acids is 2. The summed E-state index contributed by atoms with van der Waals surface area (Å²) in [5.74, 6) is -0.860. The van der Waals surface area contributed by atoms with Gasteiger partial charge in [0.15, 0.2) is 0 Å². The van der Waals surface area contributed by atoms with E-state index in [-0.39, 0.29) is 0 Å². The summed E-state index contributed by atoms with van der Waals surface area (Å²) in [6.45, 7) is 10.2. The molecule has 1 aromatic carbocycles. The molecule has 0 radical (unpaired) electrons. The first kappa shape index (κ1) is 26.5. The number of benzene rings is 1. The highest BCUT2D eigenvalue weighted by Gasteiger charge is 2.48. The molecule has 3 heterocycles. The first-order chi connectivity index (χ1) is 15.7. The average molecular weight is 456 g/mol. The van der Waals surface area contributed by atoms with Crippen LogP contribution in [-0.4, -0.2) is 64.8 Å². The Kier molecular flexibility index (Phi) is 10.5. The summed E-state index contributed by atoms with van der Waals surface area (Å²) in [5.41, 5.74) is 4.30. The van der Waals surface area contributed by atoms with Gasteiger partial charge in [0.2, 0.25) is 0 Å². The molecule has 2 saturated heterocycles. The number of carboxylic acids is 2. The van der Waals surface area contributed by atoms with Crippen molar-refractivity contribution in [2.75, 3.05) is 32.7 Å². The molecule has 0 aliphatic carbocycles. The molecule has 0 bridgehead atoms. The lowest BCUT2D eigenvalue weighted by Crippen LogP contribution is -2.34.